The minimum absolute atomic E-state index is 0.251. The molecule has 0 radical (unpaired) electrons. The number of rotatable bonds is 5. The molecule has 1 atom stereocenters. The molecular formula is C14H22N2O2. The third-order valence-corrected chi connectivity index (χ3v) is 3.59. The minimum atomic E-state index is -0.917. The molecule has 1 aromatic rings. The Morgan fingerprint density at radius 3 is 2.50 bits per heavy atom. The van der Waals surface area contributed by atoms with E-state index < -0.39 is 5.60 Å². The summed E-state index contributed by atoms with van der Waals surface area (Å²) in [5.74, 6) is 0. The van der Waals surface area contributed by atoms with Gasteiger partial charge in [0.2, 0.25) is 0 Å². The molecule has 0 saturated carbocycles. The Kier molecular flexibility index (Phi) is 4.72. The topological polar surface area (TPSA) is 58.7 Å². The highest BCUT2D eigenvalue weighted by atomic mass is 16.5. The van der Waals surface area contributed by atoms with Crippen LogP contribution in [0.25, 0.3) is 0 Å². The van der Waals surface area contributed by atoms with E-state index in [-0.39, 0.29) is 6.54 Å². The van der Waals surface area contributed by atoms with Gasteiger partial charge in [-0.3, -0.25) is 4.90 Å². The first-order chi connectivity index (χ1) is 8.74. The Balaban J connectivity index is 1.95. The fourth-order valence-corrected chi connectivity index (χ4v) is 2.28. The second kappa shape index (κ2) is 6.29. The highest BCUT2D eigenvalue weighted by molar-refractivity contribution is 5.22. The standard InChI is InChI=1S/C14H22N2O2/c15-12-14(17,13-4-2-1-3-5-13)6-7-16-8-10-18-11-9-16/h1-5,17H,6-12,15H2. The fraction of sp³-hybridized carbons (Fsp3) is 0.571. The molecule has 0 amide bonds. The summed E-state index contributed by atoms with van der Waals surface area (Å²) in [6, 6.07) is 9.69. The molecule has 0 aliphatic carbocycles. The Morgan fingerprint density at radius 2 is 1.89 bits per heavy atom. The molecule has 18 heavy (non-hydrogen) atoms. The molecule has 0 aromatic heterocycles. The number of aliphatic hydroxyl groups is 1. The van der Waals surface area contributed by atoms with Crippen LogP contribution >= 0.6 is 0 Å². The van der Waals surface area contributed by atoms with Crippen molar-refractivity contribution in [3.8, 4) is 0 Å². The van der Waals surface area contributed by atoms with Crippen LogP contribution in [0.4, 0.5) is 0 Å². The Labute approximate surface area is 108 Å². The largest absolute Gasteiger partial charge is 0.384 e. The summed E-state index contributed by atoms with van der Waals surface area (Å²) in [6.07, 6.45) is 0.660. The smallest absolute Gasteiger partial charge is 0.103 e. The molecule has 3 N–H and O–H groups in total. The zero-order valence-corrected chi connectivity index (χ0v) is 10.7. The lowest BCUT2D eigenvalue weighted by Crippen LogP contribution is -2.42. The first-order valence-corrected chi connectivity index (χ1v) is 6.53. The predicted molar refractivity (Wildman–Crippen MR) is 71.3 cm³/mol. The summed E-state index contributed by atoms with van der Waals surface area (Å²) in [5.41, 5.74) is 5.75. The van der Waals surface area contributed by atoms with Crippen LogP contribution in [0.5, 0.6) is 0 Å². The van der Waals surface area contributed by atoms with E-state index >= 15 is 0 Å². The quantitative estimate of drug-likeness (QED) is 0.801. The lowest BCUT2D eigenvalue weighted by atomic mass is 9.90. The molecule has 0 bridgehead atoms. The zero-order valence-electron chi connectivity index (χ0n) is 10.7. The Hall–Kier alpha value is -0.940. The number of morpholine rings is 1. The van der Waals surface area contributed by atoms with E-state index in [0.29, 0.717) is 6.42 Å². The van der Waals surface area contributed by atoms with Gasteiger partial charge in [-0.15, -0.1) is 0 Å². The van der Waals surface area contributed by atoms with Crippen LogP contribution in [0.2, 0.25) is 0 Å². The number of benzene rings is 1. The summed E-state index contributed by atoms with van der Waals surface area (Å²) in [7, 11) is 0. The maximum atomic E-state index is 10.6. The monoisotopic (exact) mass is 250 g/mol. The minimum Gasteiger partial charge on any atom is -0.384 e. The van der Waals surface area contributed by atoms with Crippen LogP contribution in [0.15, 0.2) is 30.3 Å². The van der Waals surface area contributed by atoms with Crippen molar-refractivity contribution < 1.29 is 9.84 Å². The molecule has 1 heterocycles. The molecule has 2 rings (SSSR count). The van der Waals surface area contributed by atoms with E-state index in [9.17, 15) is 5.11 Å². The van der Waals surface area contributed by atoms with Gasteiger partial charge in [0.15, 0.2) is 0 Å². The van der Waals surface area contributed by atoms with Crippen molar-refractivity contribution in [2.45, 2.75) is 12.0 Å². The number of hydrogen-bond donors (Lipinski definition) is 2. The Bertz CT molecular complexity index is 352. The van der Waals surface area contributed by atoms with Gasteiger partial charge in [-0.25, -0.2) is 0 Å². The molecular weight excluding hydrogens is 228 g/mol. The second-order valence-electron chi connectivity index (χ2n) is 4.81. The normalized spacial score (nSPS) is 20.6. The first-order valence-electron chi connectivity index (χ1n) is 6.53. The highest BCUT2D eigenvalue weighted by Crippen LogP contribution is 2.24. The molecule has 1 saturated heterocycles. The highest BCUT2D eigenvalue weighted by Gasteiger charge is 2.28. The average molecular weight is 250 g/mol. The number of nitrogens with two attached hydrogens (primary N) is 1. The maximum Gasteiger partial charge on any atom is 0.103 e. The van der Waals surface area contributed by atoms with E-state index in [1.807, 2.05) is 30.3 Å². The van der Waals surface area contributed by atoms with Crippen molar-refractivity contribution in [1.82, 2.24) is 4.90 Å². The van der Waals surface area contributed by atoms with Crippen molar-refractivity contribution in [3.05, 3.63) is 35.9 Å². The molecule has 100 valence electrons. The van der Waals surface area contributed by atoms with Gasteiger partial charge in [0.1, 0.15) is 5.60 Å². The summed E-state index contributed by atoms with van der Waals surface area (Å²) in [4.78, 5) is 2.31. The van der Waals surface area contributed by atoms with E-state index in [2.05, 4.69) is 4.90 Å². The maximum absolute atomic E-state index is 10.6. The van der Waals surface area contributed by atoms with Crippen LogP contribution in [-0.4, -0.2) is 49.4 Å². The molecule has 4 nitrogen and oxygen atoms in total. The summed E-state index contributed by atoms with van der Waals surface area (Å²) in [6.45, 7) is 4.55. The number of hydrogen-bond acceptors (Lipinski definition) is 4. The molecule has 1 unspecified atom stereocenters. The molecule has 1 aliphatic heterocycles. The zero-order chi connectivity index (χ0) is 12.8. The molecule has 1 fully saturated rings. The first kappa shape index (κ1) is 13.5. The lowest BCUT2D eigenvalue weighted by molar-refractivity contribution is 0.000458. The van der Waals surface area contributed by atoms with Gasteiger partial charge in [0.25, 0.3) is 0 Å². The van der Waals surface area contributed by atoms with Gasteiger partial charge in [-0.1, -0.05) is 30.3 Å². The van der Waals surface area contributed by atoms with Crippen LogP contribution < -0.4 is 5.73 Å². The van der Waals surface area contributed by atoms with E-state index in [1.165, 1.54) is 0 Å². The predicted octanol–water partition coefficient (Wildman–Crippen LogP) is 0.555. The molecule has 1 aliphatic rings. The van der Waals surface area contributed by atoms with E-state index in [4.69, 9.17) is 10.5 Å². The average Bonchev–Trinajstić information content (AvgIpc) is 2.47. The van der Waals surface area contributed by atoms with Crippen LogP contribution in [0.1, 0.15) is 12.0 Å². The second-order valence-corrected chi connectivity index (χ2v) is 4.81. The third-order valence-electron chi connectivity index (χ3n) is 3.59. The summed E-state index contributed by atoms with van der Waals surface area (Å²) in [5, 5.41) is 10.6. The number of ether oxygens (including phenoxy) is 1. The number of nitrogens with zero attached hydrogens (tertiary/aromatic N) is 1. The van der Waals surface area contributed by atoms with Crippen LogP contribution in [0.3, 0.4) is 0 Å². The van der Waals surface area contributed by atoms with Gasteiger partial charge in [-0.2, -0.15) is 0 Å². The van der Waals surface area contributed by atoms with Crippen molar-refractivity contribution in [3.63, 3.8) is 0 Å². The van der Waals surface area contributed by atoms with Gasteiger partial charge >= 0.3 is 0 Å². The summed E-state index contributed by atoms with van der Waals surface area (Å²) >= 11 is 0. The fourth-order valence-electron chi connectivity index (χ4n) is 2.28. The van der Waals surface area contributed by atoms with Crippen LogP contribution in [0, 0.1) is 0 Å². The molecule has 1 aromatic carbocycles. The Morgan fingerprint density at radius 1 is 1.22 bits per heavy atom. The van der Waals surface area contributed by atoms with Gasteiger partial charge in [0.05, 0.1) is 13.2 Å². The lowest BCUT2D eigenvalue weighted by Gasteiger charge is -2.32. The van der Waals surface area contributed by atoms with Gasteiger partial charge in [-0.05, 0) is 12.0 Å². The molecule has 0 spiro atoms. The van der Waals surface area contributed by atoms with Crippen molar-refractivity contribution in [2.75, 3.05) is 39.4 Å². The third kappa shape index (κ3) is 3.29. The van der Waals surface area contributed by atoms with E-state index in [0.717, 1.165) is 38.4 Å². The molecule has 4 heteroatoms. The van der Waals surface area contributed by atoms with Gasteiger partial charge < -0.3 is 15.6 Å². The van der Waals surface area contributed by atoms with Crippen molar-refractivity contribution in [2.24, 2.45) is 5.73 Å². The van der Waals surface area contributed by atoms with E-state index in [1.54, 1.807) is 0 Å². The van der Waals surface area contributed by atoms with Crippen molar-refractivity contribution >= 4 is 0 Å². The SMILES string of the molecule is NCC(O)(CCN1CCOCC1)c1ccccc1. The van der Waals surface area contributed by atoms with Crippen molar-refractivity contribution in [1.29, 1.82) is 0 Å². The van der Waals surface area contributed by atoms with Crippen LogP contribution in [-0.2, 0) is 10.3 Å². The van der Waals surface area contributed by atoms with Gasteiger partial charge in [0, 0.05) is 26.2 Å². The summed E-state index contributed by atoms with van der Waals surface area (Å²) < 4.78 is 5.31.